The first-order valence-electron chi connectivity index (χ1n) is 17.9. The molecule has 1 heterocycles. The van der Waals surface area contributed by atoms with Crippen LogP contribution in [0.2, 0.25) is 0 Å². The standard InChI is InChI=1S/C46H39N5/c1-30-22-33-24-34(23-30)27-46(2,26-33)42-20-18-37(19-21-42)40-4-3-5-41(25-40)45-50-43(38-12-8-32(29-48)9-13-38)49-44(51-45)39-16-14-36(15-17-39)35-10-6-31(28-47)7-11-35/h3-21,25,30,33-34H,22-24,26-27H2,1-2H3/t30-,33+,34-,46?. The van der Waals surface area contributed by atoms with E-state index in [-0.39, 0.29) is 5.41 Å². The second-order valence-electron chi connectivity index (χ2n) is 14.9. The smallest absolute Gasteiger partial charge is 0.164 e. The van der Waals surface area contributed by atoms with E-state index in [1.807, 2.05) is 60.7 Å². The SMILES string of the molecule is C[C@H]1C[C@@H]2C[C@H](C1)CC(C)(c1ccc(-c3cccc(-c4nc(-c5ccc(C#N)cc5)nc(-c5ccc(-c6ccc(C#N)cc6)cc5)n4)c3)cc1)C2. The van der Waals surface area contributed by atoms with Gasteiger partial charge in [0, 0.05) is 16.7 Å². The van der Waals surface area contributed by atoms with E-state index in [9.17, 15) is 10.5 Å². The maximum absolute atomic E-state index is 9.37. The molecule has 0 aliphatic heterocycles. The van der Waals surface area contributed by atoms with Gasteiger partial charge in [-0.15, -0.1) is 0 Å². The van der Waals surface area contributed by atoms with Gasteiger partial charge in [0.1, 0.15) is 0 Å². The van der Waals surface area contributed by atoms with Crippen LogP contribution in [0.25, 0.3) is 56.4 Å². The average molecular weight is 662 g/mol. The van der Waals surface area contributed by atoms with Crippen LogP contribution in [0.5, 0.6) is 0 Å². The second kappa shape index (κ2) is 13.4. The van der Waals surface area contributed by atoms with E-state index in [1.54, 1.807) is 12.1 Å². The summed E-state index contributed by atoms with van der Waals surface area (Å²) < 4.78 is 0. The lowest BCUT2D eigenvalue weighted by molar-refractivity contribution is 0.0899. The Kier molecular flexibility index (Phi) is 8.50. The van der Waals surface area contributed by atoms with Crippen LogP contribution in [0.15, 0.2) is 121 Å². The van der Waals surface area contributed by atoms with Crippen LogP contribution in [0.3, 0.4) is 0 Å². The highest BCUT2D eigenvalue weighted by molar-refractivity contribution is 5.74. The summed E-state index contributed by atoms with van der Waals surface area (Å²) in [7, 11) is 0. The minimum absolute atomic E-state index is 0.247. The molecule has 0 radical (unpaired) electrons. The van der Waals surface area contributed by atoms with Gasteiger partial charge in [0.05, 0.1) is 23.3 Å². The number of rotatable bonds is 6. The zero-order chi connectivity index (χ0) is 35.0. The maximum Gasteiger partial charge on any atom is 0.164 e. The molecular weight excluding hydrogens is 623 g/mol. The van der Waals surface area contributed by atoms with Gasteiger partial charge in [0.2, 0.25) is 0 Å². The first kappa shape index (κ1) is 32.3. The van der Waals surface area contributed by atoms with Crippen molar-refractivity contribution < 1.29 is 0 Å². The Hall–Kier alpha value is -5.91. The van der Waals surface area contributed by atoms with Gasteiger partial charge in [0.25, 0.3) is 0 Å². The molecule has 1 unspecified atom stereocenters. The molecule has 8 rings (SSSR count). The van der Waals surface area contributed by atoms with Crippen LogP contribution < -0.4 is 0 Å². The Balaban J connectivity index is 1.12. The fourth-order valence-electron chi connectivity index (χ4n) is 8.73. The van der Waals surface area contributed by atoms with Crippen molar-refractivity contribution in [3.05, 3.63) is 138 Å². The topological polar surface area (TPSA) is 86.2 Å². The second-order valence-corrected chi connectivity index (χ2v) is 14.9. The number of benzene rings is 5. The number of hydrogen-bond donors (Lipinski definition) is 0. The summed E-state index contributed by atoms with van der Waals surface area (Å²) in [6.45, 7) is 4.93. The van der Waals surface area contributed by atoms with Crippen LogP contribution in [-0.2, 0) is 5.41 Å². The van der Waals surface area contributed by atoms with Crippen molar-refractivity contribution in [1.29, 1.82) is 10.5 Å². The van der Waals surface area contributed by atoms with Crippen molar-refractivity contribution in [2.75, 3.05) is 0 Å². The van der Waals surface area contributed by atoms with Crippen molar-refractivity contribution in [2.24, 2.45) is 17.8 Å². The highest BCUT2D eigenvalue weighted by Crippen LogP contribution is 2.51. The molecule has 0 saturated heterocycles. The first-order chi connectivity index (χ1) is 24.9. The predicted molar refractivity (Wildman–Crippen MR) is 203 cm³/mol. The third-order valence-corrected chi connectivity index (χ3v) is 11.1. The molecule has 0 N–H and O–H groups in total. The monoisotopic (exact) mass is 661 g/mol. The molecule has 6 aromatic rings. The molecule has 51 heavy (non-hydrogen) atoms. The zero-order valence-electron chi connectivity index (χ0n) is 29.1. The lowest BCUT2D eigenvalue weighted by atomic mass is 9.57. The van der Waals surface area contributed by atoms with E-state index in [0.717, 1.165) is 51.1 Å². The van der Waals surface area contributed by atoms with Crippen LogP contribution in [-0.4, -0.2) is 15.0 Å². The lowest BCUT2D eigenvalue weighted by Gasteiger charge is -2.47. The van der Waals surface area contributed by atoms with Gasteiger partial charge in [-0.05, 0) is 126 Å². The molecule has 5 nitrogen and oxygen atoms in total. The molecule has 0 amide bonds. The largest absolute Gasteiger partial charge is 0.208 e. The summed E-state index contributed by atoms with van der Waals surface area (Å²) in [6.07, 6.45) is 6.77. The minimum atomic E-state index is 0.247. The summed E-state index contributed by atoms with van der Waals surface area (Å²) >= 11 is 0. The molecule has 2 aliphatic rings. The Morgan fingerprint density at radius 1 is 0.510 bits per heavy atom. The van der Waals surface area contributed by atoms with E-state index in [2.05, 4.69) is 74.5 Å². The molecule has 2 saturated carbocycles. The van der Waals surface area contributed by atoms with Gasteiger partial charge < -0.3 is 0 Å². The zero-order valence-corrected chi connectivity index (χ0v) is 29.1. The van der Waals surface area contributed by atoms with Gasteiger partial charge in [-0.3, -0.25) is 0 Å². The van der Waals surface area contributed by atoms with E-state index in [0.29, 0.717) is 28.6 Å². The minimum Gasteiger partial charge on any atom is -0.208 e. The third-order valence-electron chi connectivity index (χ3n) is 11.1. The fraction of sp³-hybridized carbons (Fsp3) is 0.239. The van der Waals surface area contributed by atoms with Crippen molar-refractivity contribution in [3.8, 4) is 68.6 Å². The van der Waals surface area contributed by atoms with Crippen molar-refractivity contribution >= 4 is 0 Å². The van der Waals surface area contributed by atoms with Gasteiger partial charge >= 0.3 is 0 Å². The van der Waals surface area contributed by atoms with Crippen molar-refractivity contribution in [1.82, 2.24) is 15.0 Å². The molecule has 2 bridgehead atoms. The number of aromatic nitrogens is 3. The summed E-state index contributed by atoms with van der Waals surface area (Å²) in [6, 6.07) is 45.1. The molecule has 248 valence electrons. The van der Waals surface area contributed by atoms with E-state index >= 15 is 0 Å². The molecule has 1 aromatic heterocycles. The molecule has 2 aliphatic carbocycles. The molecule has 5 heteroatoms. The highest BCUT2D eigenvalue weighted by atomic mass is 15.0. The van der Waals surface area contributed by atoms with Gasteiger partial charge in [-0.1, -0.05) is 92.7 Å². The molecule has 0 spiro atoms. The highest BCUT2D eigenvalue weighted by Gasteiger charge is 2.41. The number of hydrogen-bond acceptors (Lipinski definition) is 5. The third kappa shape index (κ3) is 6.69. The Labute approximate surface area is 300 Å². The quantitative estimate of drug-likeness (QED) is 0.177. The van der Waals surface area contributed by atoms with Gasteiger partial charge in [-0.2, -0.15) is 10.5 Å². The fourth-order valence-corrected chi connectivity index (χ4v) is 8.73. The predicted octanol–water partition coefficient (Wildman–Crippen LogP) is 11.1. The van der Waals surface area contributed by atoms with Crippen LogP contribution >= 0.6 is 0 Å². The summed E-state index contributed by atoms with van der Waals surface area (Å²) in [4.78, 5) is 14.9. The Morgan fingerprint density at radius 2 is 0.922 bits per heavy atom. The molecule has 5 aromatic carbocycles. The summed E-state index contributed by atoms with van der Waals surface area (Å²) in [5, 5.41) is 18.5. The van der Waals surface area contributed by atoms with E-state index < -0.39 is 0 Å². The maximum atomic E-state index is 9.37. The molecule has 2 fully saturated rings. The first-order valence-corrected chi connectivity index (χ1v) is 17.9. The molecular formula is C46H39N5. The number of nitrogens with zero attached hydrogens (tertiary/aromatic N) is 5. The van der Waals surface area contributed by atoms with E-state index in [4.69, 9.17) is 15.0 Å². The summed E-state index contributed by atoms with van der Waals surface area (Å²) in [5.41, 5.74) is 9.88. The Bertz CT molecular complexity index is 2260. The van der Waals surface area contributed by atoms with Gasteiger partial charge in [-0.25, -0.2) is 15.0 Å². The van der Waals surface area contributed by atoms with E-state index in [1.165, 1.54) is 43.2 Å². The normalized spacial score (nSPS) is 21.0. The van der Waals surface area contributed by atoms with Crippen LogP contribution in [0.1, 0.15) is 62.6 Å². The summed E-state index contributed by atoms with van der Waals surface area (Å²) in [5.74, 6) is 4.28. The average Bonchev–Trinajstić information content (AvgIpc) is 3.17. The van der Waals surface area contributed by atoms with Crippen molar-refractivity contribution in [3.63, 3.8) is 0 Å². The van der Waals surface area contributed by atoms with Crippen LogP contribution in [0.4, 0.5) is 0 Å². The lowest BCUT2D eigenvalue weighted by Crippen LogP contribution is -2.38. The van der Waals surface area contributed by atoms with Crippen LogP contribution in [0, 0.1) is 40.4 Å². The number of fused-ring (bicyclic) bond motifs is 2. The Morgan fingerprint density at radius 3 is 1.45 bits per heavy atom. The molecule has 4 atom stereocenters. The van der Waals surface area contributed by atoms with Gasteiger partial charge in [0.15, 0.2) is 17.5 Å². The number of nitriles is 2. The van der Waals surface area contributed by atoms with Crippen molar-refractivity contribution in [2.45, 2.75) is 51.4 Å².